The maximum absolute atomic E-state index is 13.1. The number of aromatic nitrogens is 1. The summed E-state index contributed by atoms with van der Waals surface area (Å²) in [5.41, 5.74) is 0. The van der Waals surface area contributed by atoms with Gasteiger partial charge in [0.15, 0.2) is 0 Å². The van der Waals surface area contributed by atoms with E-state index in [0.29, 0.717) is 0 Å². The SMILES string of the molecule is O=C(CC(F)(F)C(F)(F)C(F)(F)C(F)(F)F)OCCn1cccc1. The van der Waals surface area contributed by atoms with Crippen LogP contribution in [0.2, 0.25) is 0 Å². The van der Waals surface area contributed by atoms with Crippen LogP contribution in [0.3, 0.4) is 0 Å². The van der Waals surface area contributed by atoms with Gasteiger partial charge in [-0.1, -0.05) is 0 Å². The Morgan fingerprint density at radius 3 is 1.83 bits per heavy atom. The van der Waals surface area contributed by atoms with Gasteiger partial charge in [-0.05, 0) is 12.1 Å². The van der Waals surface area contributed by atoms with Crippen LogP contribution in [0.4, 0.5) is 39.5 Å². The molecule has 0 aromatic carbocycles. The van der Waals surface area contributed by atoms with E-state index < -0.39 is 42.9 Å². The fourth-order valence-electron chi connectivity index (χ4n) is 1.54. The van der Waals surface area contributed by atoms with Gasteiger partial charge in [-0.25, -0.2) is 0 Å². The predicted molar refractivity (Wildman–Crippen MR) is 60.9 cm³/mol. The van der Waals surface area contributed by atoms with E-state index in [1.165, 1.54) is 17.0 Å². The molecular formula is C12H10F9NO2. The van der Waals surface area contributed by atoms with E-state index in [1.807, 2.05) is 0 Å². The van der Waals surface area contributed by atoms with Crippen LogP contribution in [0.15, 0.2) is 24.5 Å². The Morgan fingerprint density at radius 1 is 0.875 bits per heavy atom. The van der Waals surface area contributed by atoms with Gasteiger partial charge in [0.25, 0.3) is 0 Å². The second-order valence-electron chi connectivity index (χ2n) is 4.67. The van der Waals surface area contributed by atoms with Crippen LogP contribution in [-0.2, 0) is 16.1 Å². The van der Waals surface area contributed by atoms with E-state index in [9.17, 15) is 44.3 Å². The number of carbonyl (C=O) groups excluding carboxylic acids is 1. The van der Waals surface area contributed by atoms with Crippen LogP contribution in [0, 0.1) is 0 Å². The Bertz CT molecular complexity index is 551. The summed E-state index contributed by atoms with van der Waals surface area (Å²) in [5.74, 6) is -21.8. The zero-order chi connectivity index (χ0) is 18.8. The Morgan fingerprint density at radius 2 is 1.38 bits per heavy atom. The van der Waals surface area contributed by atoms with Crippen molar-refractivity contribution in [3.63, 3.8) is 0 Å². The number of carbonyl (C=O) groups is 1. The second kappa shape index (κ2) is 6.55. The minimum Gasteiger partial charge on any atom is -0.464 e. The van der Waals surface area contributed by atoms with Crippen LogP contribution >= 0.6 is 0 Å². The van der Waals surface area contributed by atoms with Crippen LogP contribution < -0.4 is 0 Å². The summed E-state index contributed by atoms with van der Waals surface area (Å²) in [7, 11) is 0. The molecule has 12 heteroatoms. The third-order valence-corrected chi connectivity index (χ3v) is 2.85. The largest absolute Gasteiger partial charge is 0.464 e. The molecule has 0 aliphatic rings. The average Bonchev–Trinajstić information content (AvgIpc) is 2.89. The summed E-state index contributed by atoms with van der Waals surface area (Å²) in [6, 6.07) is 3.13. The summed E-state index contributed by atoms with van der Waals surface area (Å²) in [6.45, 7) is -0.621. The normalized spacial score (nSPS) is 13.9. The minimum atomic E-state index is -7.02. The van der Waals surface area contributed by atoms with Gasteiger partial charge in [0.05, 0.1) is 6.54 Å². The smallest absolute Gasteiger partial charge is 0.460 e. The van der Waals surface area contributed by atoms with E-state index in [-0.39, 0.29) is 6.54 Å². The highest BCUT2D eigenvalue weighted by molar-refractivity contribution is 5.70. The molecule has 0 atom stereocenters. The number of ether oxygens (including phenoxy) is 1. The molecule has 0 bridgehead atoms. The van der Waals surface area contributed by atoms with Gasteiger partial charge in [-0.3, -0.25) is 4.79 Å². The van der Waals surface area contributed by atoms with Crippen molar-refractivity contribution < 1.29 is 49.0 Å². The molecule has 0 spiro atoms. The van der Waals surface area contributed by atoms with Crippen molar-refractivity contribution in [2.75, 3.05) is 6.61 Å². The molecule has 1 heterocycles. The van der Waals surface area contributed by atoms with Crippen molar-refractivity contribution in [1.82, 2.24) is 4.57 Å². The molecule has 1 aromatic heterocycles. The fourth-order valence-corrected chi connectivity index (χ4v) is 1.54. The molecule has 0 radical (unpaired) electrons. The lowest BCUT2D eigenvalue weighted by atomic mass is 10.0. The topological polar surface area (TPSA) is 31.2 Å². The number of esters is 1. The van der Waals surface area contributed by atoms with Gasteiger partial charge in [-0.2, -0.15) is 39.5 Å². The molecular weight excluding hydrogens is 361 g/mol. The first-order chi connectivity index (χ1) is 10.7. The fraction of sp³-hybridized carbons (Fsp3) is 0.583. The minimum absolute atomic E-state index is 0.0561. The van der Waals surface area contributed by atoms with Crippen molar-refractivity contribution in [1.29, 1.82) is 0 Å². The molecule has 1 aromatic rings. The van der Waals surface area contributed by atoms with Gasteiger partial charge in [0.1, 0.15) is 13.0 Å². The maximum Gasteiger partial charge on any atom is 0.460 e. The van der Waals surface area contributed by atoms with Gasteiger partial charge < -0.3 is 9.30 Å². The molecule has 0 saturated carbocycles. The molecule has 0 N–H and O–H groups in total. The highest BCUT2D eigenvalue weighted by atomic mass is 19.4. The van der Waals surface area contributed by atoms with Crippen molar-refractivity contribution in [3.05, 3.63) is 24.5 Å². The molecule has 0 saturated heterocycles. The van der Waals surface area contributed by atoms with E-state index >= 15 is 0 Å². The predicted octanol–water partition coefficient (Wildman–Crippen LogP) is 3.89. The van der Waals surface area contributed by atoms with Gasteiger partial charge in [0.2, 0.25) is 0 Å². The molecule has 0 aliphatic carbocycles. The number of halogens is 9. The summed E-state index contributed by atoms with van der Waals surface area (Å²) in [6.07, 6.45) is -6.57. The Labute approximate surface area is 129 Å². The Hall–Kier alpha value is -1.88. The third kappa shape index (κ3) is 3.96. The second-order valence-corrected chi connectivity index (χ2v) is 4.67. The van der Waals surface area contributed by atoms with E-state index in [1.54, 1.807) is 12.1 Å². The molecule has 1 rings (SSSR count). The molecule has 0 unspecified atom stereocenters. The molecule has 24 heavy (non-hydrogen) atoms. The Kier molecular flexibility index (Phi) is 5.51. The van der Waals surface area contributed by atoms with Crippen molar-refractivity contribution >= 4 is 5.97 Å². The molecule has 3 nitrogen and oxygen atoms in total. The number of hydrogen-bond donors (Lipinski definition) is 0. The van der Waals surface area contributed by atoms with Crippen molar-refractivity contribution in [3.8, 4) is 0 Å². The van der Waals surface area contributed by atoms with Crippen molar-refractivity contribution in [2.45, 2.75) is 36.9 Å². The van der Waals surface area contributed by atoms with Crippen LogP contribution in [0.5, 0.6) is 0 Å². The third-order valence-electron chi connectivity index (χ3n) is 2.85. The van der Waals surface area contributed by atoms with Crippen LogP contribution in [0.25, 0.3) is 0 Å². The van der Waals surface area contributed by atoms with E-state index in [4.69, 9.17) is 0 Å². The lowest BCUT2D eigenvalue weighted by Crippen LogP contribution is -2.61. The first-order valence-corrected chi connectivity index (χ1v) is 6.19. The van der Waals surface area contributed by atoms with E-state index in [0.717, 1.165) is 0 Å². The quantitative estimate of drug-likeness (QED) is 0.538. The van der Waals surface area contributed by atoms with Gasteiger partial charge in [-0.15, -0.1) is 0 Å². The monoisotopic (exact) mass is 371 g/mol. The molecule has 0 amide bonds. The first kappa shape index (κ1) is 20.2. The number of rotatable bonds is 7. The Balaban J connectivity index is 2.71. The maximum atomic E-state index is 13.1. The summed E-state index contributed by atoms with van der Waals surface area (Å²) >= 11 is 0. The van der Waals surface area contributed by atoms with Gasteiger partial charge in [0, 0.05) is 12.4 Å². The standard InChI is InChI=1S/C12H10F9NO2/c13-9(14,10(15,16)11(17,18)12(19,20)21)7-8(23)24-6-5-22-3-1-2-4-22/h1-4H,5-7H2. The highest BCUT2D eigenvalue weighted by Crippen LogP contribution is 2.54. The first-order valence-electron chi connectivity index (χ1n) is 6.19. The highest BCUT2D eigenvalue weighted by Gasteiger charge is 2.81. The number of alkyl halides is 9. The average molecular weight is 371 g/mol. The molecule has 0 fully saturated rings. The zero-order valence-corrected chi connectivity index (χ0v) is 11.6. The summed E-state index contributed by atoms with van der Waals surface area (Å²) in [4.78, 5) is 11.0. The number of nitrogens with zero attached hydrogens (tertiary/aromatic N) is 1. The zero-order valence-electron chi connectivity index (χ0n) is 11.6. The lowest BCUT2D eigenvalue weighted by molar-refractivity contribution is -0.395. The summed E-state index contributed by atoms with van der Waals surface area (Å²) in [5, 5.41) is 0. The summed E-state index contributed by atoms with van der Waals surface area (Å²) < 4.78 is 119. The molecule has 138 valence electrons. The lowest BCUT2D eigenvalue weighted by Gasteiger charge is -2.33. The molecule has 0 aliphatic heterocycles. The van der Waals surface area contributed by atoms with E-state index in [2.05, 4.69) is 4.74 Å². The van der Waals surface area contributed by atoms with Crippen molar-refractivity contribution in [2.24, 2.45) is 0 Å². The number of hydrogen-bond acceptors (Lipinski definition) is 2. The van der Waals surface area contributed by atoms with Gasteiger partial charge >= 0.3 is 29.9 Å². The van der Waals surface area contributed by atoms with Crippen LogP contribution in [0.1, 0.15) is 6.42 Å². The van der Waals surface area contributed by atoms with Crippen LogP contribution in [-0.4, -0.2) is 41.1 Å².